The third-order valence-electron chi connectivity index (χ3n) is 6.40. The van der Waals surface area contributed by atoms with Crippen molar-refractivity contribution >= 4 is 21.5 Å². The minimum Gasteiger partial charge on any atom is -0.448 e. The second-order valence-corrected chi connectivity index (χ2v) is 11.4. The maximum absolute atomic E-state index is 13.4. The predicted molar refractivity (Wildman–Crippen MR) is 113 cm³/mol. The highest BCUT2D eigenvalue weighted by atomic mass is 32.2. The van der Waals surface area contributed by atoms with Crippen LogP contribution in [0.3, 0.4) is 0 Å². The monoisotopic (exact) mass is 445 g/mol. The molecule has 1 saturated carbocycles. The van der Waals surface area contributed by atoms with Crippen LogP contribution in [0.15, 0.2) is 21.2 Å². The summed E-state index contributed by atoms with van der Waals surface area (Å²) in [6, 6.07) is 0. The van der Waals surface area contributed by atoms with Gasteiger partial charge in [-0.15, -0.1) is 0 Å². The molecule has 2 unspecified atom stereocenters. The summed E-state index contributed by atoms with van der Waals surface area (Å²) in [4.78, 5) is 31.7. The van der Waals surface area contributed by atoms with Gasteiger partial charge in [-0.2, -0.15) is 9.46 Å². The number of carbonyl (C=O) groups excluding carboxylic acids is 2. The first kappa shape index (κ1) is 20.4. The van der Waals surface area contributed by atoms with E-state index < -0.39 is 15.6 Å². The van der Waals surface area contributed by atoms with E-state index >= 15 is 0 Å². The molecule has 31 heavy (non-hydrogen) atoms. The molecule has 2 saturated heterocycles. The Labute approximate surface area is 181 Å². The predicted octanol–water partition coefficient (Wildman–Crippen LogP) is 2.25. The summed E-state index contributed by atoms with van der Waals surface area (Å²) in [6.07, 6.45) is 6.66. The summed E-state index contributed by atoms with van der Waals surface area (Å²) in [5.41, 5.74) is 1.84. The Morgan fingerprint density at radius 1 is 1.26 bits per heavy atom. The Kier molecular flexibility index (Phi) is 4.99. The van der Waals surface area contributed by atoms with Crippen LogP contribution in [0.1, 0.15) is 64.5 Å². The first-order chi connectivity index (χ1) is 14.8. The second-order valence-electron chi connectivity index (χ2n) is 9.00. The Bertz CT molecular complexity index is 1130. The zero-order valence-electron chi connectivity index (χ0n) is 17.8. The molecule has 2 amide bonds. The molecule has 2 aliphatic heterocycles. The maximum atomic E-state index is 13.4. The highest BCUT2D eigenvalue weighted by molar-refractivity contribution is 7.94. The lowest BCUT2D eigenvalue weighted by Gasteiger charge is -2.42. The molecule has 2 aromatic heterocycles. The Hall–Kier alpha value is -2.49. The number of nitrogens with zero attached hydrogens (tertiary/aromatic N) is 5. The third kappa shape index (κ3) is 3.93. The number of amides is 2. The van der Waals surface area contributed by atoms with E-state index in [1.54, 1.807) is 6.20 Å². The number of hydrogen-bond donors (Lipinski definition) is 0. The number of hydrogen-bond acceptors (Lipinski definition) is 6. The van der Waals surface area contributed by atoms with Crippen LogP contribution in [0.25, 0.3) is 0 Å². The van der Waals surface area contributed by atoms with Crippen LogP contribution in [0.5, 0.6) is 0 Å². The van der Waals surface area contributed by atoms with Crippen molar-refractivity contribution in [3.05, 3.63) is 35.3 Å². The van der Waals surface area contributed by atoms with Gasteiger partial charge < -0.3 is 9.32 Å². The minimum absolute atomic E-state index is 0.0146. The minimum atomic E-state index is -2.68. The van der Waals surface area contributed by atoms with Crippen molar-refractivity contribution in [2.45, 2.75) is 38.5 Å². The quantitative estimate of drug-likeness (QED) is 0.714. The van der Waals surface area contributed by atoms with Gasteiger partial charge in [0.05, 0.1) is 27.2 Å². The average Bonchev–Trinajstić information content (AvgIpc) is 3.29. The van der Waals surface area contributed by atoms with Crippen LogP contribution in [-0.2, 0) is 23.2 Å². The van der Waals surface area contributed by atoms with E-state index in [4.69, 9.17) is 4.42 Å². The molecule has 2 atom stereocenters. The average molecular weight is 446 g/mol. The number of likely N-dealkylation sites (tertiary alicyclic amines) is 1. The van der Waals surface area contributed by atoms with Gasteiger partial charge in [0, 0.05) is 44.0 Å². The Morgan fingerprint density at radius 3 is 2.58 bits per heavy atom. The van der Waals surface area contributed by atoms with E-state index in [0.717, 1.165) is 25.0 Å². The Balaban J connectivity index is 1.32. The van der Waals surface area contributed by atoms with Crippen molar-refractivity contribution in [1.29, 1.82) is 0 Å². The highest BCUT2D eigenvalue weighted by Gasteiger charge is 2.40. The van der Waals surface area contributed by atoms with E-state index in [2.05, 4.69) is 14.4 Å². The topological polar surface area (TPSA) is 111 Å². The zero-order valence-corrected chi connectivity index (χ0v) is 18.6. The van der Waals surface area contributed by atoms with E-state index in [1.807, 2.05) is 23.6 Å². The van der Waals surface area contributed by atoms with Crippen LogP contribution in [-0.4, -0.2) is 60.3 Å². The largest absolute Gasteiger partial charge is 0.448 e. The molecule has 0 aromatic carbocycles. The van der Waals surface area contributed by atoms with E-state index in [9.17, 15) is 13.8 Å². The van der Waals surface area contributed by atoms with Gasteiger partial charge in [0.25, 0.3) is 5.91 Å². The van der Waals surface area contributed by atoms with Gasteiger partial charge in [0.15, 0.2) is 11.6 Å². The molecule has 3 fully saturated rings. The molecule has 9 nitrogen and oxygen atoms in total. The summed E-state index contributed by atoms with van der Waals surface area (Å²) < 4.78 is 24.5. The van der Waals surface area contributed by atoms with Gasteiger partial charge in [-0.05, 0) is 31.1 Å². The summed E-state index contributed by atoms with van der Waals surface area (Å²) in [6.45, 7) is 2.96. The van der Waals surface area contributed by atoms with Crippen molar-refractivity contribution in [1.82, 2.24) is 19.7 Å². The molecule has 2 bridgehead atoms. The molecule has 0 N–H and O–H groups in total. The van der Waals surface area contributed by atoms with Gasteiger partial charge in [-0.3, -0.25) is 14.3 Å². The van der Waals surface area contributed by atoms with Gasteiger partial charge in [-0.25, -0.2) is 9.19 Å². The third-order valence-corrected chi connectivity index (χ3v) is 8.89. The molecule has 166 valence electrons. The van der Waals surface area contributed by atoms with Crippen LogP contribution in [0, 0.1) is 11.8 Å². The molecule has 4 heterocycles. The number of aromatic nitrogens is 3. The highest BCUT2D eigenvalue weighted by Crippen LogP contribution is 2.42. The van der Waals surface area contributed by atoms with Crippen molar-refractivity contribution in [3.8, 4) is 0 Å². The van der Waals surface area contributed by atoms with Crippen LogP contribution in [0.4, 0.5) is 0 Å². The fourth-order valence-corrected chi connectivity index (χ4v) is 7.63. The molecule has 0 radical (unpaired) electrons. The standard InChI is InChI=1S/C21H27N5O4S/c1-3-18-23-17(10-30-18)20(27)24-31(29)11-13-6-14(12-31)9-26(8-13)21(28)16-7-22-25(2)19(16)15-4-5-15/h7,10,13-15H,3-6,8-9,11-12H2,1-2H3. The lowest BCUT2D eigenvalue weighted by atomic mass is 9.90. The Morgan fingerprint density at radius 2 is 1.97 bits per heavy atom. The number of carbonyl (C=O) groups is 2. The van der Waals surface area contributed by atoms with Gasteiger partial charge in [-0.1, -0.05) is 6.92 Å². The number of piperidine rings is 1. The van der Waals surface area contributed by atoms with Crippen LogP contribution >= 0.6 is 0 Å². The number of aryl methyl sites for hydroxylation is 2. The smallest absolute Gasteiger partial charge is 0.307 e. The van der Waals surface area contributed by atoms with Gasteiger partial charge >= 0.3 is 5.91 Å². The summed E-state index contributed by atoms with van der Waals surface area (Å²) in [5.74, 6) is 1.15. The molecule has 3 aliphatic rings. The maximum Gasteiger partial charge on any atom is 0.307 e. The molecular formula is C21H27N5O4S. The number of rotatable bonds is 4. The molecular weight excluding hydrogens is 418 g/mol. The second kappa shape index (κ2) is 7.58. The van der Waals surface area contributed by atoms with Crippen molar-refractivity contribution in [3.63, 3.8) is 0 Å². The normalized spacial score (nSPS) is 27.9. The lowest BCUT2D eigenvalue weighted by molar-refractivity contribution is 0.0616. The van der Waals surface area contributed by atoms with Crippen molar-refractivity contribution < 1.29 is 18.2 Å². The van der Waals surface area contributed by atoms with Crippen molar-refractivity contribution in [2.75, 3.05) is 24.6 Å². The summed E-state index contributed by atoms with van der Waals surface area (Å²) in [5, 5.41) is 4.32. The first-order valence-corrected chi connectivity index (χ1v) is 12.7. The van der Waals surface area contributed by atoms with Crippen LogP contribution in [0.2, 0.25) is 0 Å². The van der Waals surface area contributed by atoms with Crippen molar-refractivity contribution in [2.24, 2.45) is 23.2 Å². The van der Waals surface area contributed by atoms with E-state index in [-0.39, 0.29) is 23.4 Å². The molecule has 0 spiro atoms. The van der Waals surface area contributed by atoms with Gasteiger partial charge in [0.1, 0.15) is 6.26 Å². The summed E-state index contributed by atoms with van der Waals surface area (Å²) in [7, 11) is -0.786. The zero-order chi connectivity index (χ0) is 21.8. The molecule has 10 heteroatoms. The van der Waals surface area contributed by atoms with E-state index in [1.165, 1.54) is 6.26 Å². The number of oxazole rings is 1. The SMILES string of the molecule is CCc1nc(C(=O)N=S2(=O)CC3CC(CN(C(=O)c4cnn(C)c4C4CC4)C3)C2)co1. The molecule has 1 aliphatic carbocycles. The van der Waals surface area contributed by atoms with Crippen LogP contribution < -0.4 is 0 Å². The molecule has 2 aromatic rings. The fraction of sp³-hybridized carbons (Fsp3) is 0.619. The van der Waals surface area contributed by atoms with Gasteiger partial charge in [0.2, 0.25) is 0 Å². The molecule has 5 rings (SSSR count). The number of fused-ring (bicyclic) bond motifs is 2. The van der Waals surface area contributed by atoms with E-state index in [0.29, 0.717) is 48.4 Å². The summed E-state index contributed by atoms with van der Waals surface area (Å²) >= 11 is 0. The lowest BCUT2D eigenvalue weighted by Crippen LogP contribution is -2.51. The fourth-order valence-electron chi connectivity index (χ4n) is 5.00. The first-order valence-electron chi connectivity index (χ1n) is 10.9.